The van der Waals surface area contributed by atoms with Gasteiger partial charge in [0.05, 0.1) is 24.4 Å². The standard InChI is InChI=1S/C26H25N3O4/c1-17-23(25(30)28-21-13-6-7-14-22(21)32-2)24(29-26(31)27-17)19-11-8-12-20(15-19)33-16-18-9-4-3-5-10-18/h3-15,24H,16H2,1-2H3,(H,28,30)(H2,27,29,31)/t24-/m1/s1. The predicted molar refractivity (Wildman–Crippen MR) is 126 cm³/mol. The lowest BCUT2D eigenvalue weighted by molar-refractivity contribution is -0.113. The molecule has 7 nitrogen and oxygen atoms in total. The number of anilines is 1. The highest BCUT2D eigenvalue weighted by Gasteiger charge is 2.31. The zero-order chi connectivity index (χ0) is 23.2. The largest absolute Gasteiger partial charge is 0.495 e. The van der Waals surface area contributed by atoms with Crippen LogP contribution >= 0.6 is 0 Å². The summed E-state index contributed by atoms with van der Waals surface area (Å²) in [6.45, 7) is 2.12. The highest BCUT2D eigenvalue weighted by Crippen LogP contribution is 2.31. The molecule has 0 saturated carbocycles. The van der Waals surface area contributed by atoms with E-state index in [-0.39, 0.29) is 11.9 Å². The molecule has 1 atom stereocenters. The van der Waals surface area contributed by atoms with Crippen molar-refractivity contribution < 1.29 is 19.1 Å². The smallest absolute Gasteiger partial charge is 0.319 e. The van der Waals surface area contributed by atoms with E-state index >= 15 is 0 Å². The average Bonchev–Trinajstić information content (AvgIpc) is 2.83. The van der Waals surface area contributed by atoms with Crippen LogP contribution in [0.25, 0.3) is 0 Å². The van der Waals surface area contributed by atoms with Crippen molar-refractivity contribution in [1.29, 1.82) is 0 Å². The highest BCUT2D eigenvalue weighted by atomic mass is 16.5. The van der Waals surface area contributed by atoms with Crippen LogP contribution in [-0.2, 0) is 11.4 Å². The van der Waals surface area contributed by atoms with E-state index in [1.807, 2.05) is 66.7 Å². The Balaban J connectivity index is 1.59. The molecule has 1 aliphatic rings. The number of allylic oxidation sites excluding steroid dienone is 1. The molecule has 0 saturated heterocycles. The summed E-state index contributed by atoms with van der Waals surface area (Å²) in [5.41, 5.74) is 3.21. The molecule has 0 radical (unpaired) electrons. The van der Waals surface area contributed by atoms with Gasteiger partial charge in [0.1, 0.15) is 18.1 Å². The molecule has 3 aromatic carbocycles. The van der Waals surface area contributed by atoms with Crippen LogP contribution in [0.15, 0.2) is 90.1 Å². The summed E-state index contributed by atoms with van der Waals surface area (Å²) in [5.74, 6) is 0.848. The summed E-state index contributed by atoms with van der Waals surface area (Å²) in [4.78, 5) is 25.5. The number of rotatable bonds is 7. The van der Waals surface area contributed by atoms with Gasteiger partial charge in [-0.15, -0.1) is 0 Å². The van der Waals surface area contributed by atoms with Crippen LogP contribution in [0.4, 0.5) is 10.5 Å². The molecule has 1 heterocycles. The van der Waals surface area contributed by atoms with Gasteiger partial charge in [0.2, 0.25) is 0 Å². The molecule has 0 fully saturated rings. The number of amides is 3. The predicted octanol–water partition coefficient (Wildman–Crippen LogP) is 4.54. The van der Waals surface area contributed by atoms with Gasteiger partial charge in [-0.25, -0.2) is 4.79 Å². The summed E-state index contributed by atoms with van der Waals surface area (Å²) < 4.78 is 11.3. The molecule has 0 aliphatic carbocycles. The first-order chi connectivity index (χ1) is 16.0. The van der Waals surface area contributed by atoms with Crippen molar-refractivity contribution in [3.8, 4) is 11.5 Å². The van der Waals surface area contributed by atoms with Crippen LogP contribution in [0.1, 0.15) is 24.1 Å². The fourth-order valence-electron chi connectivity index (χ4n) is 3.71. The summed E-state index contributed by atoms with van der Waals surface area (Å²) in [6.07, 6.45) is 0. The Morgan fingerprint density at radius 2 is 1.76 bits per heavy atom. The van der Waals surface area contributed by atoms with Gasteiger partial charge in [-0.1, -0.05) is 54.6 Å². The van der Waals surface area contributed by atoms with Crippen molar-refractivity contribution >= 4 is 17.6 Å². The second-order valence-electron chi connectivity index (χ2n) is 7.57. The number of hydrogen-bond acceptors (Lipinski definition) is 4. The molecule has 0 aromatic heterocycles. The second-order valence-corrected chi connectivity index (χ2v) is 7.57. The van der Waals surface area contributed by atoms with Gasteiger partial charge in [-0.3, -0.25) is 4.79 Å². The SMILES string of the molecule is COc1ccccc1NC(=O)C1=C(C)NC(=O)N[C@@H]1c1cccc(OCc2ccccc2)c1. The lowest BCUT2D eigenvalue weighted by atomic mass is 9.94. The Morgan fingerprint density at radius 3 is 2.55 bits per heavy atom. The van der Waals surface area contributed by atoms with Crippen molar-refractivity contribution in [2.75, 3.05) is 12.4 Å². The minimum absolute atomic E-state index is 0.342. The van der Waals surface area contributed by atoms with Gasteiger partial charge in [0.15, 0.2) is 0 Å². The fourth-order valence-corrected chi connectivity index (χ4v) is 3.71. The van der Waals surface area contributed by atoms with E-state index in [0.717, 1.165) is 11.1 Å². The maximum atomic E-state index is 13.3. The number of carbonyl (C=O) groups is 2. The third-order valence-electron chi connectivity index (χ3n) is 5.31. The zero-order valence-corrected chi connectivity index (χ0v) is 18.4. The van der Waals surface area contributed by atoms with E-state index in [1.54, 1.807) is 26.2 Å². The number of para-hydroxylation sites is 2. The second kappa shape index (κ2) is 9.91. The maximum absolute atomic E-state index is 13.3. The fraction of sp³-hybridized carbons (Fsp3) is 0.154. The van der Waals surface area contributed by atoms with Crippen molar-refractivity contribution in [1.82, 2.24) is 10.6 Å². The minimum Gasteiger partial charge on any atom is -0.495 e. The van der Waals surface area contributed by atoms with Crippen LogP contribution in [-0.4, -0.2) is 19.0 Å². The third kappa shape index (κ3) is 5.15. The Morgan fingerprint density at radius 1 is 1.00 bits per heavy atom. The zero-order valence-electron chi connectivity index (χ0n) is 18.4. The number of urea groups is 1. The lowest BCUT2D eigenvalue weighted by Gasteiger charge is -2.29. The monoisotopic (exact) mass is 443 g/mol. The Kier molecular flexibility index (Phi) is 6.59. The van der Waals surface area contributed by atoms with Crippen LogP contribution in [0, 0.1) is 0 Å². The van der Waals surface area contributed by atoms with Crippen molar-refractivity contribution in [2.45, 2.75) is 19.6 Å². The Hall–Kier alpha value is -4.26. The molecule has 3 amide bonds. The van der Waals surface area contributed by atoms with Crippen LogP contribution in [0.3, 0.4) is 0 Å². The number of carbonyl (C=O) groups excluding carboxylic acids is 2. The molecule has 0 bridgehead atoms. The Labute approximate surface area is 192 Å². The van der Waals surface area contributed by atoms with Gasteiger partial charge in [-0.2, -0.15) is 0 Å². The normalized spacial score (nSPS) is 15.3. The quantitative estimate of drug-likeness (QED) is 0.500. The minimum atomic E-state index is -0.645. The number of ether oxygens (including phenoxy) is 2. The summed E-state index contributed by atoms with van der Waals surface area (Å²) in [7, 11) is 1.54. The lowest BCUT2D eigenvalue weighted by Crippen LogP contribution is -2.46. The number of nitrogens with one attached hydrogen (secondary N) is 3. The van der Waals surface area contributed by atoms with E-state index in [1.165, 1.54) is 0 Å². The van der Waals surface area contributed by atoms with Crippen LogP contribution < -0.4 is 25.4 Å². The van der Waals surface area contributed by atoms with E-state index < -0.39 is 6.04 Å². The molecule has 0 spiro atoms. The molecule has 33 heavy (non-hydrogen) atoms. The molecular formula is C26H25N3O4. The molecule has 3 N–H and O–H groups in total. The van der Waals surface area contributed by atoms with Crippen molar-refractivity contribution in [2.24, 2.45) is 0 Å². The molecule has 4 rings (SSSR count). The van der Waals surface area contributed by atoms with E-state index in [9.17, 15) is 9.59 Å². The molecule has 7 heteroatoms. The van der Waals surface area contributed by atoms with Gasteiger partial charge < -0.3 is 25.4 Å². The third-order valence-corrected chi connectivity index (χ3v) is 5.31. The first-order valence-electron chi connectivity index (χ1n) is 10.5. The molecular weight excluding hydrogens is 418 g/mol. The van der Waals surface area contributed by atoms with Gasteiger partial charge in [-0.05, 0) is 42.3 Å². The maximum Gasteiger partial charge on any atom is 0.319 e. The first-order valence-corrected chi connectivity index (χ1v) is 10.5. The van der Waals surface area contributed by atoms with Gasteiger partial charge >= 0.3 is 6.03 Å². The van der Waals surface area contributed by atoms with Crippen LogP contribution in [0.2, 0.25) is 0 Å². The van der Waals surface area contributed by atoms with E-state index in [4.69, 9.17) is 9.47 Å². The van der Waals surface area contributed by atoms with Crippen molar-refractivity contribution in [3.05, 3.63) is 101 Å². The Bertz CT molecular complexity index is 1190. The molecule has 3 aromatic rings. The van der Waals surface area contributed by atoms with Gasteiger partial charge in [0.25, 0.3) is 5.91 Å². The number of benzene rings is 3. The average molecular weight is 444 g/mol. The molecule has 168 valence electrons. The van der Waals surface area contributed by atoms with Crippen LogP contribution in [0.5, 0.6) is 11.5 Å². The van der Waals surface area contributed by atoms with E-state index in [0.29, 0.717) is 35.1 Å². The summed E-state index contributed by atoms with van der Waals surface area (Å²) in [6, 6.07) is 23.4. The summed E-state index contributed by atoms with van der Waals surface area (Å²) in [5, 5.41) is 8.44. The first kappa shape index (κ1) is 22.0. The van der Waals surface area contributed by atoms with Crippen molar-refractivity contribution in [3.63, 3.8) is 0 Å². The van der Waals surface area contributed by atoms with E-state index in [2.05, 4.69) is 16.0 Å². The number of methoxy groups -OCH3 is 1. The summed E-state index contributed by atoms with van der Waals surface area (Å²) >= 11 is 0. The topological polar surface area (TPSA) is 88.7 Å². The molecule has 0 unspecified atom stereocenters. The molecule has 1 aliphatic heterocycles. The highest BCUT2D eigenvalue weighted by molar-refractivity contribution is 6.07. The van der Waals surface area contributed by atoms with Gasteiger partial charge in [0, 0.05) is 5.70 Å². The number of hydrogen-bond donors (Lipinski definition) is 3.